The summed E-state index contributed by atoms with van der Waals surface area (Å²) in [5.74, 6) is -7.29. The minimum Gasteiger partial charge on any atom is -0.480 e. The van der Waals surface area contributed by atoms with Crippen molar-refractivity contribution in [2.45, 2.75) is 109 Å². The molecule has 6 amide bonds. The summed E-state index contributed by atoms with van der Waals surface area (Å²) < 4.78 is 0. The van der Waals surface area contributed by atoms with Gasteiger partial charge < -0.3 is 53.0 Å². The van der Waals surface area contributed by atoms with Gasteiger partial charge in [-0.15, -0.1) is 0 Å². The average molecular weight is 830 g/mol. The molecule has 2 aromatic rings. The predicted molar refractivity (Wildman–Crippen MR) is 219 cm³/mol. The molecule has 10 atom stereocenters. The molecular formula is C40H59N7O10S. The molecule has 0 aromatic heterocycles. The van der Waals surface area contributed by atoms with Gasteiger partial charge in [-0.2, -0.15) is 12.6 Å². The fourth-order valence-electron chi connectivity index (χ4n) is 5.75. The molecule has 17 nitrogen and oxygen atoms in total. The van der Waals surface area contributed by atoms with Crippen LogP contribution in [0.3, 0.4) is 0 Å². The summed E-state index contributed by atoms with van der Waals surface area (Å²) in [7, 11) is 0. The highest BCUT2D eigenvalue weighted by Gasteiger charge is 2.37. The smallest absolute Gasteiger partial charge is 0.326 e. The van der Waals surface area contributed by atoms with E-state index in [2.05, 4.69) is 44.5 Å². The minimum atomic E-state index is -1.69. The first kappa shape index (κ1) is 49.1. The second-order valence-electron chi connectivity index (χ2n) is 14.3. The van der Waals surface area contributed by atoms with Crippen molar-refractivity contribution < 1.29 is 48.9 Å². The van der Waals surface area contributed by atoms with E-state index in [0.717, 1.165) is 0 Å². The van der Waals surface area contributed by atoms with Gasteiger partial charge in [0.2, 0.25) is 35.4 Å². The van der Waals surface area contributed by atoms with Crippen LogP contribution in [0.25, 0.3) is 0 Å². The molecule has 2 rings (SSSR count). The molecule has 2 aromatic carbocycles. The Bertz CT molecular complexity index is 1670. The van der Waals surface area contributed by atoms with Crippen molar-refractivity contribution in [2.75, 3.05) is 12.4 Å². The number of carboxylic acids is 1. The zero-order valence-corrected chi connectivity index (χ0v) is 34.4. The second kappa shape index (κ2) is 24.7. The largest absolute Gasteiger partial charge is 0.480 e. The summed E-state index contributed by atoms with van der Waals surface area (Å²) in [4.78, 5) is 92.7. The summed E-state index contributed by atoms with van der Waals surface area (Å²) >= 11 is 4.06. The number of aliphatic carboxylic acids is 1. The second-order valence-corrected chi connectivity index (χ2v) is 14.7. The molecule has 0 unspecified atom stereocenters. The molecule has 0 fully saturated rings. The molecule has 0 aliphatic rings. The lowest BCUT2D eigenvalue weighted by Gasteiger charge is -2.30. The molecular weight excluding hydrogens is 771 g/mol. The zero-order valence-electron chi connectivity index (χ0n) is 33.5. The Kier molecular flexibility index (Phi) is 20.9. The number of benzene rings is 2. The quantitative estimate of drug-likeness (QED) is 0.0583. The lowest BCUT2D eigenvalue weighted by Crippen LogP contribution is -2.63. The van der Waals surface area contributed by atoms with Gasteiger partial charge in [0.1, 0.15) is 36.3 Å². The normalized spacial score (nSPS) is 16.3. The van der Waals surface area contributed by atoms with E-state index in [1.54, 1.807) is 88.4 Å². The Morgan fingerprint density at radius 1 is 0.586 bits per heavy atom. The van der Waals surface area contributed by atoms with E-state index < -0.39 is 108 Å². The molecule has 0 saturated carbocycles. The van der Waals surface area contributed by atoms with Gasteiger partial charge in [-0.05, 0) is 29.9 Å². The van der Waals surface area contributed by atoms with Crippen LogP contribution in [-0.4, -0.2) is 117 Å². The first-order chi connectivity index (χ1) is 27.5. The Morgan fingerprint density at radius 3 is 1.38 bits per heavy atom. The summed E-state index contributed by atoms with van der Waals surface area (Å²) in [6, 6.07) is 8.03. The predicted octanol–water partition coefficient (Wildman–Crippen LogP) is -0.812. The van der Waals surface area contributed by atoms with Crippen LogP contribution in [-0.2, 0) is 46.4 Å². The van der Waals surface area contributed by atoms with E-state index >= 15 is 0 Å². The third-order valence-corrected chi connectivity index (χ3v) is 10.2. The molecule has 0 heterocycles. The topological polar surface area (TPSA) is 278 Å². The van der Waals surface area contributed by atoms with Crippen molar-refractivity contribution in [3.8, 4) is 0 Å². The summed E-state index contributed by atoms with van der Waals surface area (Å²) in [5, 5.41) is 45.5. The summed E-state index contributed by atoms with van der Waals surface area (Å²) in [6.45, 7) is 7.10. The van der Waals surface area contributed by atoms with Gasteiger partial charge in [0, 0.05) is 18.6 Å². The number of carboxylic acid groups (broad SMARTS) is 1. The number of amides is 6. The van der Waals surface area contributed by atoms with E-state index in [9.17, 15) is 48.9 Å². The van der Waals surface area contributed by atoms with E-state index in [-0.39, 0.29) is 18.6 Å². The van der Waals surface area contributed by atoms with Crippen molar-refractivity contribution in [3.05, 3.63) is 71.8 Å². The van der Waals surface area contributed by atoms with Crippen LogP contribution in [0.5, 0.6) is 0 Å². The lowest BCUT2D eigenvalue weighted by atomic mass is 9.95. The molecule has 0 spiro atoms. The molecule has 11 N–H and O–H groups in total. The number of aliphatic hydroxyl groups excluding tert-OH is 2. The van der Waals surface area contributed by atoms with Crippen molar-refractivity contribution in [1.29, 1.82) is 0 Å². The van der Waals surface area contributed by atoms with Gasteiger partial charge in [0.25, 0.3) is 0 Å². The molecule has 0 aliphatic heterocycles. The van der Waals surface area contributed by atoms with Gasteiger partial charge in [0.15, 0.2) is 0 Å². The van der Waals surface area contributed by atoms with E-state index in [4.69, 9.17) is 5.73 Å². The highest BCUT2D eigenvalue weighted by atomic mass is 32.1. The number of nitrogens with one attached hydrogen (secondary N) is 6. The Hall–Kier alpha value is -5.04. The lowest BCUT2D eigenvalue weighted by molar-refractivity contribution is -0.144. The molecule has 0 saturated heterocycles. The van der Waals surface area contributed by atoms with Gasteiger partial charge in [-0.3, -0.25) is 28.8 Å². The molecule has 320 valence electrons. The zero-order chi connectivity index (χ0) is 43.5. The van der Waals surface area contributed by atoms with Crippen LogP contribution >= 0.6 is 12.6 Å². The van der Waals surface area contributed by atoms with Crippen molar-refractivity contribution >= 4 is 54.0 Å². The number of nitrogens with two attached hydrogens (primary N) is 1. The van der Waals surface area contributed by atoms with Crippen molar-refractivity contribution in [3.63, 3.8) is 0 Å². The van der Waals surface area contributed by atoms with Crippen LogP contribution in [0.4, 0.5) is 0 Å². The van der Waals surface area contributed by atoms with Gasteiger partial charge >= 0.3 is 5.97 Å². The molecule has 0 radical (unpaired) electrons. The molecule has 58 heavy (non-hydrogen) atoms. The van der Waals surface area contributed by atoms with Crippen molar-refractivity contribution in [2.24, 2.45) is 17.6 Å². The van der Waals surface area contributed by atoms with Crippen LogP contribution in [0, 0.1) is 11.8 Å². The minimum absolute atomic E-state index is 0.00606. The Morgan fingerprint density at radius 2 is 0.966 bits per heavy atom. The monoisotopic (exact) mass is 829 g/mol. The third-order valence-electron chi connectivity index (χ3n) is 9.81. The van der Waals surface area contributed by atoms with Gasteiger partial charge in [-0.1, -0.05) is 101 Å². The Labute approximate surface area is 344 Å². The number of rotatable bonds is 24. The number of thiol groups is 1. The van der Waals surface area contributed by atoms with E-state index in [0.29, 0.717) is 24.0 Å². The first-order valence-corrected chi connectivity index (χ1v) is 19.9. The number of hydrogen-bond donors (Lipinski definition) is 11. The third kappa shape index (κ3) is 15.4. The van der Waals surface area contributed by atoms with Crippen LogP contribution in [0.15, 0.2) is 60.7 Å². The number of hydrogen-bond acceptors (Lipinski definition) is 11. The molecule has 0 aliphatic carbocycles. The SMILES string of the molecule is CC[C@H](C)[C@H](NC(=O)[C@@H](NC(=O)[C@@H](NC(=O)[C@H](CO)NC(=O)[C@H](Cc1ccccc1)NC(=O)[C@H](Cc1ccccc1)NC(=O)[C@@H](N)CS)[C@@H](C)O)[C@@H](C)CC)C(=O)O. The fourth-order valence-corrected chi connectivity index (χ4v) is 5.91. The maximum absolute atomic E-state index is 13.9. The number of carbonyl (C=O) groups is 7. The maximum Gasteiger partial charge on any atom is 0.326 e. The molecule has 18 heteroatoms. The van der Waals surface area contributed by atoms with E-state index in [1.807, 2.05) is 0 Å². The van der Waals surface area contributed by atoms with Crippen LogP contribution in [0.2, 0.25) is 0 Å². The highest BCUT2D eigenvalue weighted by molar-refractivity contribution is 7.80. The number of aliphatic hydroxyl groups is 2. The van der Waals surface area contributed by atoms with Gasteiger partial charge in [0.05, 0.1) is 18.8 Å². The van der Waals surface area contributed by atoms with Crippen LogP contribution in [0.1, 0.15) is 58.6 Å². The summed E-state index contributed by atoms with van der Waals surface area (Å²) in [6.07, 6.45) is -0.720. The molecule has 0 bridgehead atoms. The standard InChI is InChI=1S/C40H59N7O10S/c1-6-22(3)31(38(54)46-32(40(56)57)23(4)7-2)45-39(55)33(24(5)49)47-37(53)30(20-48)44-36(52)29(19-26-16-12-9-13-17-26)43-35(51)28(42-34(50)27(41)21-58)18-25-14-10-8-11-15-25/h8-17,22-24,27-33,48-49,58H,6-7,18-21,41H2,1-5H3,(H,42,50)(H,43,51)(H,44,52)(H,45,55)(H,46,54)(H,47,53)(H,56,57)/t22-,23-,24+,27-,28-,29-,30-,31-,32-,33-/m0/s1. The van der Waals surface area contributed by atoms with Crippen LogP contribution < -0.4 is 37.6 Å². The fraction of sp³-hybridized carbons (Fsp3) is 0.525. The van der Waals surface area contributed by atoms with E-state index in [1.165, 1.54) is 6.92 Å². The maximum atomic E-state index is 13.9. The Balaban J connectivity index is 2.32. The van der Waals surface area contributed by atoms with Crippen molar-refractivity contribution in [1.82, 2.24) is 31.9 Å². The first-order valence-electron chi connectivity index (χ1n) is 19.3. The highest BCUT2D eigenvalue weighted by Crippen LogP contribution is 2.13. The average Bonchev–Trinajstić information content (AvgIpc) is 3.21. The summed E-state index contributed by atoms with van der Waals surface area (Å²) in [5.41, 5.74) is 7.18. The number of carbonyl (C=O) groups excluding carboxylic acids is 6. The van der Waals surface area contributed by atoms with Gasteiger partial charge in [-0.25, -0.2) is 4.79 Å².